The molecule has 0 aliphatic carbocycles. The van der Waals surface area contributed by atoms with Gasteiger partial charge in [-0.2, -0.15) is 0 Å². The number of ether oxygens (including phenoxy) is 2. The molecule has 0 fully saturated rings. The van der Waals surface area contributed by atoms with Crippen LogP contribution in [0.25, 0.3) is 0 Å². The molecule has 0 aromatic carbocycles. The van der Waals surface area contributed by atoms with E-state index < -0.39 is 13.9 Å². The highest BCUT2D eigenvalue weighted by atomic mass is 31.2. The van der Waals surface area contributed by atoms with E-state index >= 15 is 0 Å². The van der Waals surface area contributed by atoms with Crippen molar-refractivity contribution < 1.29 is 33.1 Å². The quantitative estimate of drug-likeness (QED) is 0.0386. The van der Waals surface area contributed by atoms with E-state index in [2.05, 4.69) is 18.4 Å². The predicted molar refractivity (Wildman–Crippen MR) is 189 cm³/mol. The molecule has 45 heavy (non-hydrogen) atoms. The molecular weight excluding hydrogens is 593 g/mol. The number of esters is 1. The third-order valence-electron chi connectivity index (χ3n) is 8.66. The van der Waals surface area contributed by atoms with Crippen LogP contribution in [0, 0.1) is 0 Å². The first-order valence-corrected chi connectivity index (χ1v) is 20.9. The number of hydrogen-bond acceptors (Lipinski definition) is 5. The standard InChI is InChI=1S/C37H75O7P/c1-3-5-7-9-11-13-15-17-18-19-21-23-25-27-29-31-33-42-34-36(35-43-45(39,40)41)44-37(38)32-30-28-26-24-22-20-16-14-12-10-8-6-4-2/h36H,3-35H2,1-2H3,(H2,39,40,41)/t36-/m1/s1/i34+2,35+2,36+2. The zero-order chi connectivity index (χ0) is 33.1. The lowest BCUT2D eigenvalue weighted by molar-refractivity contribution is -0.154. The van der Waals surface area contributed by atoms with Gasteiger partial charge in [-0.3, -0.25) is 9.32 Å². The molecule has 0 aliphatic heterocycles. The van der Waals surface area contributed by atoms with Gasteiger partial charge in [0.25, 0.3) is 0 Å². The Balaban J connectivity index is 3.76. The van der Waals surface area contributed by atoms with Crippen LogP contribution in [0.2, 0.25) is 0 Å². The molecule has 2 N–H and O–H groups in total. The smallest absolute Gasteiger partial charge is 0.457 e. The SMILES string of the molecule is CCCCCCCCCCCCCCCCCCO[14CH2][14C@H]([14CH2]OP(=O)(O)O)OC(=O)CCCCCCCCCCCCCCC. The molecular formula is C37H75O7P. The van der Waals surface area contributed by atoms with Gasteiger partial charge in [0.05, 0.1) is 13.2 Å². The lowest BCUT2D eigenvalue weighted by Crippen LogP contribution is -2.28. The van der Waals surface area contributed by atoms with Gasteiger partial charge in [0.1, 0.15) is 6.10 Å². The lowest BCUT2D eigenvalue weighted by atomic mass is 10.0. The molecule has 7 nitrogen and oxygen atoms in total. The van der Waals surface area contributed by atoms with Crippen molar-refractivity contribution in [2.45, 2.75) is 213 Å². The first-order valence-electron chi connectivity index (χ1n) is 19.4. The molecule has 0 radical (unpaired) electrons. The van der Waals surface area contributed by atoms with Crippen LogP contribution >= 0.6 is 7.82 Å². The first-order chi connectivity index (χ1) is 21.9. The van der Waals surface area contributed by atoms with Crippen molar-refractivity contribution in [1.29, 1.82) is 0 Å². The third-order valence-corrected chi connectivity index (χ3v) is 9.14. The fourth-order valence-electron chi connectivity index (χ4n) is 5.80. The Morgan fingerprint density at radius 3 is 1.22 bits per heavy atom. The monoisotopic (exact) mass is 669 g/mol. The highest BCUT2D eigenvalue weighted by Crippen LogP contribution is 2.36. The molecule has 0 amide bonds. The van der Waals surface area contributed by atoms with Crippen LogP contribution in [0.5, 0.6) is 0 Å². The topological polar surface area (TPSA) is 102 Å². The van der Waals surface area contributed by atoms with Crippen molar-refractivity contribution in [3.05, 3.63) is 0 Å². The molecule has 0 spiro atoms. The summed E-state index contributed by atoms with van der Waals surface area (Å²) in [6.45, 7) is 4.79. The minimum atomic E-state index is -4.64. The van der Waals surface area contributed by atoms with Crippen molar-refractivity contribution in [2.24, 2.45) is 0 Å². The van der Waals surface area contributed by atoms with E-state index in [0.717, 1.165) is 32.1 Å². The molecule has 0 saturated heterocycles. The molecule has 0 rings (SSSR count). The van der Waals surface area contributed by atoms with E-state index in [9.17, 15) is 9.36 Å². The molecule has 0 unspecified atom stereocenters. The molecule has 0 heterocycles. The van der Waals surface area contributed by atoms with Gasteiger partial charge in [0, 0.05) is 13.0 Å². The van der Waals surface area contributed by atoms with E-state index in [1.165, 1.54) is 154 Å². The Labute approximate surface area is 279 Å². The Bertz CT molecular complexity index is 655. The van der Waals surface area contributed by atoms with Crippen LogP contribution in [0.15, 0.2) is 0 Å². The number of carbonyl (C=O) groups is 1. The highest BCUT2D eigenvalue weighted by Gasteiger charge is 2.21. The Morgan fingerprint density at radius 2 is 0.867 bits per heavy atom. The molecule has 0 aromatic heterocycles. The third kappa shape index (κ3) is 37.9. The second kappa shape index (κ2) is 34.9. The summed E-state index contributed by atoms with van der Waals surface area (Å²) in [7, 11) is -4.64. The summed E-state index contributed by atoms with van der Waals surface area (Å²) >= 11 is 0. The van der Waals surface area contributed by atoms with Gasteiger partial charge in [0.2, 0.25) is 0 Å². The molecule has 0 bridgehead atoms. The second-order valence-electron chi connectivity index (χ2n) is 13.3. The molecule has 0 saturated carbocycles. The maximum atomic E-state index is 12.3. The number of phosphoric acid groups is 1. The summed E-state index contributed by atoms with van der Waals surface area (Å²) in [5, 5.41) is 0. The Kier molecular flexibility index (Phi) is 34.5. The van der Waals surface area contributed by atoms with Crippen LogP contribution in [0.3, 0.4) is 0 Å². The van der Waals surface area contributed by atoms with Crippen LogP contribution < -0.4 is 0 Å². The maximum Gasteiger partial charge on any atom is 0.469 e. The number of hydrogen-bond donors (Lipinski definition) is 2. The van der Waals surface area contributed by atoms with Gasteiger partial charge in [-0.15, -0.1) is 0 Å². The summed E-state index contributed by atoms with van der Waals surface area (Å²) in [6, 6.07) is 0. The van der Waals surface area contributed by atoms with Crippen LogP contribution in [-0.2, 0) is 23.4 Å². The number of phosphoric ester groups is 1. The Morgan fingerprint density at radius 1 is 0.533 bits per heavy atom. The van der Waals surface area contributed by atoms with E-state index in [0.29, 0.717) is 13.0 Å². The zero-order valence-electron chi connectivity index (χ0n) is 29.8. The average molecular weight is 669 g/mol. The predicted octanol–water partition coefficient (Wildman–Crippen LogP) is 11.8. The normalized spacial score (nSPS) is 12.5. The van der Waals surface area contributed by atoms with E-state index in [4.69, 9.17) is 19.3 Å². The molecule has 270 valence electrons. The van der Waals surface area contributed by atoms with Crippen molar-refractivity contribution in [3.63, 3.8) is 0 Å². The highest BCUT2D eigenvalue weighted by molar-refractivity contribution is 7.46. The van der Waals surface area contributed by atoms with E-state index in [1.807, 2.05) is 0 Å². The minimum absolute atomic E-state index is 0.0864. The minimum Gasteiger partial charge on any atom is -0.457 e. The van der Waals surface area contributed by atoms with Gasteiger partial charge in [0.15, 0.2) is 0 Å². The maximum absolute atomic E-state index is 12.3. The van der Waals surface area contributed by atoms with Crippen molar-refractivity contribution in [2.75, 3.05) is 19.8 Å². The summed E-state index contributed by atoms with van der Waals surface area (Å²) in [4.78, 5) is 30.5. The van der Waals surface area contributed by atoms with Gasteiger partial charge >= 0.3 is 13.8 Å². The summed E-state index contributed by atoms with van der Waals surface area (Å²) in [5.41, 5.74) is 0. The summed E-state index contributed by atoms with van der Waals surface area (Å²) in [6.07, 6.45) is 36.6. The second-order valence-corrected chi connectivity index (χ2v) is 14.5. The van der Waals surface area contributed by atoms with Gasteiger partial charge in [-0.05, 0) is 12.8 Å². The fraction of sp³-hybridized carbons (Fsp3) is 0.973. The van der Waals surface area contributed by atoms with Gasteiger partial charge in [-0.1, -0.05) is 187 Å². The van der Waals surface area contributed by atoms with Gasteiger partial charge in [-0.25, -0.2) is 4.57 Å². The summed E-state index contributed by atoms with van der Waals surface area (Å²) in [5.74, 6) is -0.358. The molecule has 8 heteroatoms. The Hall–Kier alpha value is -0.460. The molecule has 1 atom stereocenters. The van der Waals surface area contributed by atoms with Crippen molar-refractivity contribution in [1.82, 2.24) is 0 Å². The van der Waals surface area contributed by atoms with Crippen molar-refractivity contribution >= 4 is 13.8 Å². The summed E-state index contributed by atoms with van der Waals surface area (Å²) < 4.78 is 26.9. The number of rotatable bonds is 37. The van der Waals surface area contributed by atoms with E-state index in [-0.39, 0.29) is 19.2 Å². The van der Waals surface area contributed by atoms with Gasteiger partial charge < -0.3 is 19.3 Å². The molecule has 0 aliphatic rings. The number of carbonyl (C=O) groups excluding carboxylic acids is 1. The average Bonchev–Trinajstić information content (AvgIpc) is 3.01. The largest absolute Gasteiger partial charge is 0.469 e. The van der Waals surface area contributed by atoms with Crippen LogP contribution in [0.4, 0.5) is 0 Å². The van der Waals surface area contributed by atoms with E-state index in [1.54, 1.807) is 0 Å². The van der Waals surface area contributed by atoms with Crippen LogP contribution in [0.1, 0.15) is 206 Å². The van der Waals surface area contributed by atoms with Crippen LogP contribution in [-0.4, -0.2) is 41.7 Å². The fourth-order valence-corrected chi connectivity index (χ4v) is 6.16. The lowest BCUT2D eigenvalue weighted by Gasteiger charge is -2.18. The number of unbranched alkanes of at least 4 members (excludes halogenated alkanes) is 27. The molecule has 0 aromatic rings. The van der Waals surface area contributed by atoms with Crippen molar-refractivity contribution in [3.8, 4) is 0 Å². The zero-order valence-corrected chi connectivity index (χ0v) is 30.7. The first kappa shape index (κ1) is 44.5.